The van der Waals surface area contributed by atoms with Gasteiger partial charge in [0.05, 0.1) is 24.2 Å². The first kappa shape index (κ1) is 14.2. The van der Waals surface area contributed by atoms with E-state index in [1.54, 1.807) is 6.33 Å². The fourth-order valence-corrected chi connectivity index (χ4v) is 4.17. The first-order valence-electron chi connectivity index (χ1n) is 7.63. The van der Waals surface area contributed by atoms with Crippen molar-refractivity contribution in [1.82, 2.24) is 29.5 Å². The average molecular weight is 316 g/mol. The van der Waals surface area contributed by atoms with E-state index in [2.05, 4.69) is 44.9 Å². The van der Waals surface area contributed by atoms with Crippen LogP contribution in [0.1, 0.15) is 24.0 Å². The molecule has 0 fully saturated rings. The molecule has 116 valence electrons. The van der Waals surface area contributed by atoms with Gasteiger partial charge in [-0.25, -0.2) is 9.67 Å². The highest BCUT2D eigenvalue weighted by molar-refractivity contribution is 7.99. The molecule has 2 aliphatic rings. The summed E-state index contributed by atoms with van der Waals surface area (Å²) in [6.07, 6.45) is 3.67. The molecule has 0 aromatic carbocycles. The molecule has 4 heterocycles. The molecule has 0 N–H and O–H groups in total. The zero-order valence-corrected chi connectivity index (χ0v) is 13.8. The number of aromatic nitrogens is 4. The van der Waals surface area contributed by atoms with Gasteiger partial charge in [-0.15, -0.1) is 11.8 Å². The summed E-state index contributed by atoms with van der Waals surface area (Å²) < 4.78 is 2.00. The molecule has 4 rings (SSSR count). The van der Waals surface area contributed by atoms with Crippen LogP contribution in [0.15, 0.2) is 23.5 Å². The Kier molecular flexibility index (Phi) is 3.63. The Hall–Kier alpha value is -1.44. The number of hydrogen-bond donors (Lipinski definition) is 0. The van der Waals surface area contributed by atoms with Crippen molar-refractivity contribution in [2.24, 2.45) is 0 Å². The predicted octanol–water partition coefficient (Wildman–Crippen LogP) is 1.57. The van der Waals surface area contributed by atoms with Gasteiger partial charge < -0.3 is 0 Å². The number of rotatable bonds is 3. The van der Waals surface area contributed by atoms with Crippen LogP contribution in [0.2, 0.25) is 0 Å². The third-order valence-electron chi connectivity index (χ3n) is 4.35. The van der Waals surface area contributed by atoms with Gasteiger partial charge in [-0.1, -0.05) is 0 Å². The highest BCUT2D eigenvalue weighted by atomic mass is 32.2. The van der Waals surface area contributed by atoms with Crippen LogP contribution in [0.5, 0.6) is 0 Å². The number of hydrogen-bond acceptors (Lipinski definition) is 6. The second-order valence-electron chi connectivity index (χ2n) is 6.04. The highest BCUT2D eigenvalue weighted by Gasteiger charge is 2.23. The van der Waals surface area contributed by atoms with Gasteiger partial charge in [0.1, 0.15) is 12.2 Å². The molecule has 0 saturated carbocycles. The van der Waals surface area contributed by atoms with Crippen molar-refractivity contribution < 1.29 is 0 Å². The molecule has 6 nitrogen and oxygen atoms in total. The number of nitrogens with zero attached hydrogens (tertiary/aromatic N) is 6. The summed E-state index contributed by atoms with van der Waals surface area (Å²) in [7, 11) is 2.14. The molecule has 1 atom stereocenters. The van der Waals surface area contributed by atoms with Gasteiger partial charge in [0.15, 0.2) is 0 Å². The molecular weight excluding hydrogens is 296 g/mol. The Bertz CT molecular complexity index is 684. The fourth-order valence-electron chi connectivity index (χ4n) is 3.13. The molecule has 7 heteroatoms. The van der Waals surface area contributed by atoms with Crippen LogP contribution < -0.4 is 0 Å². The van der Waals surface area contributed by atoms with E-state index in [0.717, 1.165) is 38.5 Å². The molecule has 22 heavy (non-hydrogen) atoms. The molecular formula is C15H20N6S. The Morgan fingerprint density at radius 3 is 3.00 bits per heavy atom. The minimum absolute atomic E-state index is 0.407. The molecule has 2 aliphatic heterocycles. The maximum atomic E-state index is 4.63. The number of fused-ring (bicyclic) bond motifs is 2. The topological polar surface area (TPSA) is 50.1 Å². The second kappa shape index (κ2) is 5.64. The van der Waals surface area contributed by atoms with Crippen molar-refractivity contribution in [2.45, 2.75) is 43.4 Å². The Labute approximate surface area is 134 Å². The van der Waals surface area contributed by atoms with E-state index in [1.807, 2.05) is 22.6 Å². The molecule has 1 unspecified atom stereocenters. The van der Waals surface area contributed by atoms with Gasteiger partial charge in [0.2, 0.25) is 0 Å². The largest absolute Gasteiger partial charge is 0.296 e. The quantitative estimate of drug-likeness (QED) is 0.801. The number of pyridine rings is 1. The van der Waals surface area contributed by atoms with Crippen LogP contribution in [0, 0.1) is 0 Å². The summed E-state index contributed by atoms with van der Waals surface area (Å²) >= 11 is 1.88. The van der Waals surface area contributed by atoms with E-state index >= 15 is 0 Å². The van der Waals surface area contributed by atoms with Crippen LogP contribution in [0.3, 0.4) is 0 Å². The minimum Gasteiger partial charge on any atom is -0.296 e. The lowest BCUT2D eigenvalue weighted by atomic mass is 10.2. The van der Waals surface area contributed by atoms with E-state index in [-0.39, 0.29) is 0 Å². The summed E-state index contributed by atoms with van der Waals surface area (Å²) in [5.41, 5.74) is 2.60. The predicted molar refractivity (Wildman–Crippen MR) is 85.2 cm³/mol. The van der Waals surface area contributed by atoms with Gasteiger partial charge in [-0.3, -0.25) is 14.8 Å². The summed E-state index contributed by atoms with van der Waals surface area (Å²) in [6.45, 7) is 7.06. The van der Waals surface area contributed by atoms with Gasteiger partial charge in [0.25, 0.3) is 0 Å². The van der Waals surface area contributed by atoms with E-state index < -0.39 is 0 Å². The normalized spacial score (nSPS) is 19.9. The first-order chi connectivity index (χ1) is 10.7. The van der Waals surface area contributed by atoms with E-state index in [0.29, 0.717) is 5.37 Å². The minimum atomic E-state index is 0.407. The Balaban J connectivity index is 1.44. The van der Waals surface area contributed by atoms with Crippen molar-refractivity contribution >= 4 is 11.8 Å². The maximum Gasteiger partial charge on any atom is 0.141 e. The molecule has 0 aliphatic carbocycles. The summed E-state index contributed by atoms with van der Waals surface area (Å²) in [5, 5.41) is 4.65. The monoisotopic (exact) mass is 316 g/mol. The van der Waals surface area contributed by atoms with Crippen LogP contribution in [0.4, 0.5) is 0 Å². The van der Waals surface area contributed by atoms with Gasteiger partial charge >= 0.3 is 0 Å². The lowest BCUT2D eigenvalue weighted by molar-refractivity contribution is 0.203. The second-order valence-corrected chi connectivity index (χ2v) is 7.43. The van der Waals surface area contributed by atoms with E-state index in [9.17, 15) is 0 Å². The lowest BCUT2D eigenvalue weighted by Gasteiger charge is -2.31. The SMILES string of the molecule is CC(Sc1cnc2c(c1)CN(C)C2)N1CCn2ncnc2C1. The van der Waals surface area contributed by atoms with Gasteiger partial charge in [-0.2, -0.15) is 5.10 Å². The smallest absolute Gasteiger partial charge is 0.141 e. The molecule has 2 aromatic heterocycles. The molecule has 2 aromatic rings. The first-order valence-corrected chi connectivity index (χ1v) is 8.51. The highest BCUT2D eigenvalue weighted by Crippen LogP contribution is 2.30. The van der Waals surface area contributed by atoms with Crippen LogP contribution in [-0.4, -0.2) is 48.5 Å². The Morgan fingerprint density at radius 2 is 2.09 bits per heavy atom. The zero-order valence-electron chi connectivity index (χ0n) is 12.9. The zero-order chi connectivity index (χ0) is 15.1. The summed E-state index contributed by atoms with van der Waals surface area (Å²) in [6, 6.07) is 2.31. The van der Waals surface area contributed by atoms with E-state index in [1.165, 1.54) is 16.2 Å². The van der Waals surface area contributed by atoms with Crippen LogP contribution >= 0.6 is 11.8 Å². The molecule has 0 saturated heterocycles. The molecule has 0 amide bonds. The summed E-state index contributed by atoms with van der Waals surface area (Å²) in [5.74, 6) is 1.06. The third kappa shape index (κ3) is 2.64. The Morgan fingerprint density at radius 1 is 1.18 bits per heavy atom. The standard InChI is InChI=1S/C15H20N6S/c1-11(20-3-4-21-15(9-20)17-10-18-21)22-13-5-12-7-19(2)8-14(12)16-6-13/h5-6,10-11H,3-4,7-9H2,1-2H3. The average Bonchev–Trinajstić information content (AvgIpc) is 3.10. The van der Waals surface area contributed by atoms with Crippen molar-refractivity contribution in [3.05, 3.63) is 35.7 Å². The van der Waals surface area contributed by atoms with Crippen LogP contribution in [0.25, 0.3) is 0 Å². The summed E-state index contributed by atoms with van der Waals surface area (Å²) in [4.78, 5) is 15.0. The molecule has 0 bridgehead atoms. The fraction of sp³-hybridized carbons (Fsp3) is 0.533. The molecule has 0 radical (unpaired) electrons. The van der Waals surface area contributed by atoms with Crippen molar-refractivity contribution in [3.8, 4) is 0 Å². The number of thioether (sulfide) groups is 1. The van der Waals surface area contributed by atoms with Gasteiger partial charge in [0, 0.05) is 30.7 Å². The lowest BCUT2D eigenvalue weighted by Crippen LogP contribution is -2.38. The molecule has 0 spiro atoms. The van der Waals surface area contributed by atoms with Crippen molar-refractivity contribution in [2.75, 3.05) is 13.6 Å². The van der Waals surface area contributed by atoms with Crippen molar-refractivity contribution in [3.63, 3.8) is 0 Å². The van der Waals surface area contributed by atoms with Crippen molar-refractivity contribution in [1.29, 1.82) is 0 Å². The third-order valence-corrected chi connectivity index (χ3v) is 5.49. The maximum absolute atomic E-state index is 4.63. The van der Waals surface area contributed by atoms with E-state index in [4.69, 9.17) is 0 Å². The van der Waals surface area contributed by atoms with Crippen LogP contribution in [-0.2, 0) is 26.2 Å². The van der Waals surface area contributed by atoms with Gasteiger partial charge in [-0.05, 0) is 25.6 Å².